The van der Waals surface area contributed by atoms with Crippen LogP contribution in [0.3, 0.4) is 0 Å². The van der Waals surface area contributed by atoms with Crippen molar-refractivity contribution >= 4 is 29.2 Å². The van der Waals surface area contributed by atoms with Crippen molar-refractivity contribution < 1.29 is 19.1 Å². The minimum atomic E-state index is -0.433. The fourth-order valence-corrected chi connectivity index (χ4v) is 2.79. The molecule has 1 heterocycles. The molecule has 0 saturated carbocycles. The molecule has 128 valence electrons. The zero-order valence-electron chi connectivity index (χ0n) is 13.8. The standard InChI is InChI=1S/C19H18N2O4/c1-25-19(24)13-7-9-15(10-8-13)20-18(23)14-11-17(22)21(12-14)16-5-3-2-4-6-16/h2-10,14H,11-12H2,1H3,(H,20,23)/t14-/m0/s1. The van der Waals surface area contributed by atoms with Crippen LogP contribution in [0.4, 0.5) is 11.4 Å². The van der Waals surface area contributed by atoms with Crippen LogP contribution in [0.1, 0.15) is 16.8 Å². The van der Waals surface area contributed by atoms with Gasteiger partial charge in [0.1, 0.15) is 0 Å². The second-order valence-corrected chi connectivity index (χ2v) is 5.80. The second-order valence-electron chi connectivity index (χ2n) is 5.80. The maximum absolute atomic E-state index is 12.4. The van der Waals surface area contributed by atoms with Crippen molar-refractivity contribution in [3.05, 3.63) is 60.2 Å². The third-order valence-corrected chi connectivity index (χ3v) is 4.14. The summed E-state index contributed by atoms with van der Waals surface area (Å²) in [7, 11) is 1.31. The fraction of sp³-hybridized carbons (Fsp3) is 0.211. The molecule has 1 atom stereocenters. The lowest BCUT2D eigenvalue weighted by Crippen LogP contribution is -2.28. The highest BCUT2D eigenvalue weighted by atomic mass is 16.5. The smallest absolute Gasteiger partial charge is 0.337 e. The van der Waals surface area contributed by atoms with Gasteiger partial charge in [0.25, 0.3) is 0 Å². The minimum Gasteiger partial charge on any atom is -0.465 e. The van der Waals surface area contributed by atoms with E-state index in [0.717, 1.165) is 5.69 Å². The number of carbonyl (C=O) groups is 3. The first-order chi connectivity index (χ1) is 12.1. The van der Waals surface area contributed by atoms with E-state index in [0.29, 0.717) is 17.8 Å². The van der Waals surface area contributed by atoms with Gasteiger partial charge in [0.2, 0.25) is 11.8 Å². The number of ether oxygens (including phenoxy) is 1. The molecule has 1 aliphatic heterocycles. The topological polar surface area (TPSA) is 75.7 Å². The van der Waals surface area contributed by atoms with Gasteiger partial charge in [-0.1, -0.05) is 18.2 Å². The van der Waals surface area contributed by atoms with E-state index < -0.39 is 11.9 Å². The Bertz CT molecular complexity index is 787. The van der Waals surface area contributed by atoms with Gasteiger partial charge in [-0.05, 0) is 36.4 Å². The lowest BCUT2D eigenvalue weighted by Gasteiger charge is -2.16. The van der Waals surface area contributed by atoms with Crippen LogP contribution in [0.25, 0.3) is 0 Å². The Balaban J connectivity index is 1.64. The summed E-state index contributed by atoms with van der Waals surface area (Å²) in [5.74, 6) is -1.12. The van der Waals surface area contributed by atoms with Crippen molar-refractivity contribution in [1.82, 2.24) is 0 Å². The summed E-state index contributed by atoms with van der Waals surface area (Å²) < 4.78 is 4.63. The summed E-state index contributed by atoms with van der Waals surface area (Å²) in [4.78, 5) is 37.7. The fourth-order valence-electron chi connectivity index (χ4n) is 2.79. The van der Waals surface area contributed by atoms with Gasteiger partial charge in [-0.3, -0.25) is 9.59 Å². The first-order valence-electron chi connectivity index (χ1n) is 7.93. The Hall–Kier alpha value is -3.15. The molecule has 1 N–H and O–H groups in total. The number of benzene rings is 2. The molecule has 0 bridgehead atoms. The van der Waals surface area contributed by atoms with Gasteiger partial charge in [-0.15, -0.1) is 0 Å². The minimum absolute atomic E-state index is 0.0626. The summed E-state index contributed by atoms with van der Waals surface area (Å²) >= 11 is 0. The van der Waals surface area contributed by atoms with Crippen LogP contribution in [0.15, 0.2) is 54.6 Å². The van der Waals surface area contributed by atoms with Crippen molar-refractivity contribution in [2.24, 2.45) is 5.92 Å². The maximum Gasteiger partial charge on any atom is 0.337 e. The van der Waals surface area contributed by atoms with E-state index in [-0.39, 0.29) is 18.2 Å². The van der Waals surface area contributed by atoms with Crippen molar-refractivity contribution in [3.63, 3.8) is 0 Å². The van der Waals surface area contributed by atoms with Crippen molar-refractivity contribution in [1.29, 1.82) is 0 Å². The number of hydrogen-bond acceptors (Lipinski definition) is 4. The molecule has 1 saturated heterocycles. The van der Waals surface area contributed by atoms with Crippen LogP contribution < -0.4 is 10.2 Å². The highest BCUT2D eigenvalue weighted by molar-refractivity contribution is 6.03. The third kappa shape index (κ3) is 3.68. The van der Waals surface area contributed by atoms with E-state index in [1.807, 2.05) is 30.3 Å². The summed E-state index contributed by atoms with van der Waals surface area (Å²) in [6.07, 6.45) is 0.182. The summed E-state index contributed by atoms with van der Waals surface area (Å²) in [6, 6.07) is 15.7. The van der Waals surface area contributed by atoms with Crippen molar-refractivity contribution in [2.75, 3.05) is 23.9 Å². The third-order valence-electron chi connectivity index (χ3n) is 4.14. The zero-order valence-corrected chi connectivity index (χ0v) is 13.8. The highest BCUT2D eigenvalue weighted by Gasteiger charge is 2.35. The molecule has 25 heavy (non-hydrogen) atoms. The van der Waals surface area contributed by atoms with Crippen LogP contribution in [0.2, 0.25) is 0 Å². The molecule has 0 unspecified atom stereocenters. The molecule has 0 radical (unpaired) electrons. The van der Waals surface area contributed by atoms with Crippen LogP contribution in [-0.2, 0) is 14.3 Å². The molecule has 0 aromatic heterocycles. The van der Waals surface area contributed by atoms with Crippen LogP contribution in [0, 0.1) is 5.92 Å². The summed E-state index contributed by atoms with van der Waals surface area (Å²) in [5.41, 5.74) is 1.78. The van der Waals surface area contributed by atoms with Gasteiger partial charge >= 0.3 is 5.97 Å². The van der Waals surface area contributed by atoms with Crippen LogP contribution >= 0.6 is 0 Å². The van der Waals surface area contributed by atoms with Crippen LogP contribution in [0.5, 0.6) is 0 Å². The predicted molar refractivity (Wildman–Crippen MR) is 93.3 cm³/mol. The Labute approximate surface area is 145 Å². The Kier molecular flexibility index (Phi) is 4.79. The lowest BCUT2D eigenvalue weighted by molar-refractivity contribution is -0.122. The molecule has 6 heteroatoms. The summed E-state index contributed by atoms with van der Waals surface area (Å²) in [6.45, 7) is 0.356. The number of carbonyl (C=O) groups excluding carboxylic acids is 3. The Morgan fingerprint density at radius 2 is 1.76 bits per heavy atom. The lowest BCUT2D eigenvalue weighted by atomic mass is 10.1. The number of hydrogen-bond donors (Lipinski definition) is 1. The number of nitrogens with zero attached hydrogens (tertiary/aromatic N) is 1. The average molecular weight is 338 g/mol. The molecule has 0 spiro atoms. The predicted octanol–water partition coefficient (Wildman–Crippen LogP) is 2.46. The molecule has 3 rings (SSSR count). The molecular formula is C19H18N2O4. The number of rotatable bonds is 4. The van der Waals surface area contributed by atoms with Gasteiger partial charge < -0.3 is 15.0 Å². The van der Waals surface area contributed by atoms with E-state index in [1.54, 1.807) is 29.2 Å². The van der Waals surface area contributed by atoms with Gasteiger partial charge in [0, 0.05) is 24.3 Å². The van der Waals surface area contributed by atoms with Gasteiger partial charge in [-0.2, -0.15) is 0 Å². The number of methoxy groups -OCH3 is 1. The monoisotopic (exact) mass is 338 g/mol. The van der Waals surface area contributed by atoms with E-state index in [9.17, 15) is 14.4 Å². The molecular weight excluding hydrogens is 320 g/mol. The number of amides is 2. The summed E-state index contributed by atoms with van der Waals surface area (Å²) in [5, 5.41) is 2.79. The number of esters is 1. The number of nitrogens with one attached hydrogen (secondary N) is 1. The van der Waals surface area contributed by atoms with E-state index in [4.69, 9.17) is 0 Å². The largest absolute Gasteiger partial charge is 0.465 e. The van der Waals surface area contributed by atoms with Gasteiger partial charge in [0.05, 0.1) is 18.6 Å². The van der Waals surface area contributed by atoms with Crippen molar-refractivity contribution in [2.45, 2.75) is 6.42 Å². The van der Waals surface area contributed by atoms with Crippen molar-refractivity contribution in [3.8, 4) is 0 Å². The molecule has 2 amide bonds. The molecule has 1 fully saturated rings. The maximum atomic E-state index is 12.4. The molecule has 2 aromatic rings. The molecule has 0 aliphatic carbocycles. The highest BCUT2D eigenvalue weighted by Crippen LogP contribution is 2.25. The number of para-hydroxylation sites is 1. The first kappa shape index (κ1) is 16.7. The normalized spacial score (nSPS) is 16.6. The Morgan fingerprint density at radius 3 is 2.40 bits per heavy atom. The Morgan fingerprint density at radius 1 is 1.08 bits per heavy atom. The van der Waals surface area contributed by atoms with Crippen LogP contribution in [-0.4, -0.2) is 31.4 Å². The second kappa shape index (κ2) is 7.17. The SMILES string of the molecule is COC(=O)c1ccc(NC(=O)[C@H]2CC(=O)N(c3ccccc3)C2)cc1. The first-order valence-corrected chi connectivity index (χ1v) is 7.93. The number of anilines is 2. The molecule has 6 nitrogen and oxygen atoms in total. The van der Waals surface area contributed by atoms with E-state index in [1.165, 1.54) is 7.11 Å². The molecule has 2 aromatic carbocycles. The zero-order chi connectivity index (χ0) is 17.8. The average Bonchev–Trinajstić information content (AvgIpc) is 3.04. The van der Waals surface area contributed by atoms with Gasteiger partial charge in [0.15, 0.2) is 0 Å². The van der Waals surface area contributed by atoms with E-state index >= 15 is 0 Å². The van der Waals surface area contributed by atoms with Gasteiger partial charge in [-0.25, -0.2) is 4.79 Å². The quantitative estimate of drug-likeness (QED) is 0.869. The molecule has 1 aliphatic rings. The van der Waals surface area contributed by atoms with E-state index in [2.05, 4.69) is 10.1 Å².